The van der Waals surface area contributed by atoms with Gasteiger partial charge in [0.15, 0.2) is 5.76 Å². The third-order valence-electron chi connectivity index (χ3n) is 6.74. The fourth-order valence-corrected chi connectivity index (χ4v) is 4.91. The van der Waals surface area contributed by atoms with Crippen LogP contribution in [0.5, 0.6) is 11.5 Å². The molecule has 0 saturated carbocycles. The molecule has 5 rings (SSSR count). The second-order valence-corrected chi connectivity index (χ2v) is 8.95. The minimum atomic E-state index is -0.669. The van der Waals surface area contributed by atoms with E-state index in [1.54, 1.807) is 19.2 Å². The molecule has 2 aromatic carbocycles. The SMILES string of the molecule is COCc1cc(=O)c(O)c([C@H](CC(=O)N2CCc3c([nH]c4ccccc34)C2)c2ccc(OC)cc2)o1. The van der Waals surface area contributed by atoms with Crippen LogP contribution in [0, 0.1) is 0 Å². The highest BCUT2D eigenvalue weighted by molar-refractivity contribution is 5.86. The first-order valence-corrected chi connectivity index (χ1v) is 11.8. The van der Waals surface area contributed by atoms with Crippen molar-refractivity contribution >= 4 is 16.8 Å². The van der Waals surface area contributed by atoms with Gasteiger partial charge in [-0.1, -0.05) is 30.3 Å². The molecular weight excluding hydrogens is 460 g/mol. The number of ether oxygens (including phenoxy) is 2. The van der Waals surface area contributed by atoms with Gasteiger partial charge in [0.1, 0.15) is 18.1 Å². The molecule has 0 spiro atoms. The van der Waals surface area contributed by atoms with Crippen molar-refractivity contribution in [3.8, 4) is 11.5 Å². The number of para-hydroxylation sites is 1. The van der Waals surface area contributed by atoms with Crippen LogP contribution < -0.4 is 10.2 Å². The van der Waals surface area contributed by atoms with Crippen molar-refractivity contribution in [2.24, 2.45) is 0 Å². The van der Waals surface area contributed by atoms with Crippen molar-refractivity contribution in [1.82, 2.24) is 9.88 Å². The largest absolute Gasteiger partial charge is 0.502 e. The maximum atomic E-state index is 13.6. The Bertz CT molecular complexity index is 1450. The van der Waals surface area contributed by atoms with Crippen LogP contribution in [-0.2, 0) is 29.1 Å². The lowest BCUT2D eigenvalue weighted by atomic mass is 9.91. The Morgan fingerprint density at radius 1 is 1.17 bits per heavy atom. The van der Waals surface area contributed by atoms with E-state index in [9.17, 15) is 14.7 Å². The van der Waals surface area contributed by atoms with E-state index in [0.717, 1.165) is 23.2 Å². The van der Waals surface area contributed by atoms with E-state index in [1.807, 2.05) is 35.2 Å². The molecule has 0 unspecified atom stereocenters. The monoisotopic (exact) mass is 488 g/mol. The fourth-order valence-electron chi connectivity index (χ4n) is 4.91. The van der Waals surface area contributed by atoms with Crippen molar-refractivity contribution in [2.45, 2.75) is 31.9 Å². The second-order valence-electron chi connectivity index (χ2n) is 8.95. The van der Waals surface area contributed by atoms with Crippen LogP contribution in [0.3, 0.4) is 0 Å². The number of rotatable bonds is 7. The fraction of sp³-hybridized carbons (Fsp3) is 0.286. The quantitative estimate of drug-likeness (QED) is 0.406. The number of aromatic amines is 1. The van der Waals surface area contributed by atoms with Gasteiger partial charge in [0, 0.05) is 42.7 Å². The summed E-state index contributed by atoms with van der Waals surface area (Å²) in [5, 5.41) is 11.8. The summed E-state index contributed by atoms with van der Waals surface area (Å²) in [5.41, 5.74) is 3.50. The van der Waals surface area contributed by atoms with E-state index in [-0.39, 0.29) is 30.5 Å². The molecule has 186 valence electrons. The van der Waals surface area contributed by atoms with E-state index in [0.29, 0.717) is 18.8 Å². The van der Waals surface area contributed by atoms with Gasteiger partial charge in [-0.05, 0) is 35.7 Å². The first kappa shape index (κ1) is 23.7. The van der Waals surface area contributed by atoms with Crippen LogP contribution >= 0.6 is 0 Å². The molecule has 1 aliphatic rings. The smallest absolute Gasteiger partial charge is 0.227 e. The molecule has 0 aliphatic carbocycles. The number of aromatic hydroxyl groups is 1. The van der Waals surface area contributed by atoms with Crippen LogP contribution in [0.15, 0.2) is 63.8 Å². The summed E-state index contributed by atoms with van der Waals surface area (Å²) in [7, 11) is 3.06. The molecular formula is C28H28N2O6. The second kappa shape index (κ2) is 9.91. The van der Waals surface area contributed by atoms with Crippen LogP contribution in [0.2, 0.25) is 0 Å². The third kappa shape index (κ3) is 4.47. The maximum Gasteiger partial charge on any atom is 0.227 e. The summed E-state index contributed by atoms with van der Waals surface area (Å²) in [4.78, 5) is 31.3. The van der Waals surface area contributed by atoms with Gasteiger partial charge in [-0.15, -0.1) is 0 Å². The Kier molecular flexibility index (Phi) is 6.52. The molecule has 0 bridgehead atoms. The Labute approximate surface area is 208 Å². The standard InChI is InChI=1S/C28H28N2O6/c1-34-16-19-13-25(31)27(33)28(36-19)22(17-7-9-18(35-2)10-8-17)14-26(32)30-12-11-21-20-5-3-4-6-23(20)29-24(21)15-30/h3-10,13,22,29,33H,11-12,14-16H2,1-2H3/t22-/m1/s1. The number of carbonyl (C=O) groups is 1. The van der Waals surface area contributed by atoms with Gasteiger partial charge in [-0.2, -0.15) is 0 Å². The number of H-pyrrole nitrogens is 1. The zero-order valence-corrected chi connectivity index (χ0v) is 20.2. The molecule has 2 aromatic heterocycles. The number of aromatic nitrogens is 1. The first-order valence-electron chi connectivity index (χ1n) is 11.8. The van der Waals surface area contributed by atoms with E-state index >= 15 is 0 Å². The van der Waals surface area contributed by atoms with Crippen LogP contribution in [0.25, 0.3) is 10.9 Å². The zero-order chi connectivity index (χ0) is 25.2. The van der Waals surface area contributed by atoms with Crippen molar-refractivity contribution in [1.29, 1.82) is 0 Å². The van der Waals surface area contributed by atoms with Gasteiger partial charge >= 0.3 is 0 Å². The molecule has 3 heterocycles. The predicted molar refractivity (Wildman–Crippen MR) is 134 cm³/mol. The molecule has 36 heavy (non-hydrogen) atoms. The number of hydrogen-bond acceptors (Lipinski definition) is 6. The Morgan fingerprint density at radius 2 is 1.94 bits per heavy atom. The Hall–Kier alpha value is -4.04. The van der Waals surface area contributed by atoms with Crippen LogP contribution in [-0.4, -0.2) is 41.7 Å². The molecule has 0 radical (unpaired) electrons. The Balaban J connectivity index is 1.47. The van der Waals surface area contributed by atoms with Gasteiger partial charge in [-0.3, -0.25) is 9.59 Å². The average Bonchev–Trinajstić information content (AvgIpc) is 3.27. The molecule has 8 heteroatoms. The molecule has 8 nitrogen and oxygen atoms in total. The summed E-state index contributed by atoms with van der Waals surface area (Å²) < 4.78 is 16.3. The van der Waals surface area contributed by atoms with Crippen molar-refractivity contribution in [3.05, 3.63) is 93.2 Å². The summed E-state index contributed by atoms with van der Waals surface area (Å²) in [6.07, 6.45) is 0.775. The molecule has 0 fully saturated rings. The third-order valence-corrected chi connectivity index (χ3v) is 6.74. The highest BCUT2D eigenvalue weighted by atomic mass is 16.5. The summed E-state index contributed by atoms with van der Waals surface area (Å²) in [6.45, 7) is 1.13. The summed E-state index contributed by atoms with van der Waals surface area (Å²) in [6, 6.07) is 16.5. The van der Waals surface area contributed by atoms with E-state index < -0.39 is 17.1 Å². The number of fused-ring (bicyclic) bond motifs is 3. The molecule has 1 amide bonds. The van der Waals surface area contributed by atoms with Crippen LogP contribution in [0.1, 0.15) is 40.7 Å². The zero-order valence-electron chi connectivity index (χ0n) is 20.2. The van der Waals surface area contributed by atoms with Crippen LogP contribution in [0.4, 0.5) is 0 Å². The lowest BCUT2D eigenvalue weighted by molar-refractivity contribution is -0.132. The number of carbonyl (C=O) groups excluding carboxylic acids is 1. The number of hydrogen-bond donors (Lipinski definition) is 2. The molecule has 4 aromatic rings. The maximum absolute atomic E-state index is 13.6. The lowest BCUT2D eigenvalue weighted by Gasteiger charge is -2.29. The normalized spacial score (nSPS) is 14.0. The van der Waals surface area contributed by atoms with Gasteiger partial charge in [-0.25, -0.2) is 0 Å². The highest BCUT2D eigenvalue weighted by Crippen LogP contribution is 2.35. The minimum Gasteiger partial charge on any atom is -0.502 e. The lowest BCUT2D eigenvalue weighted by Crippen LogP contribution is -2.36. The van der Waals surface area contributed by atoms with E-state index in [1.165, 1.54) is 24.1 Å². The van der Waals surface area contributed by atoms with Crippen molar-refractivity contribution < 1.29 is 23.8 Å². The van der Waals surface area contributed by atoms with Crippen molar-refractivity contribution in [3.63, 3.8) is 0 Å². The van der Waals surface area contributed by atoms with Gasteiger partial charge in [0.2, 0.25) is 17.1 Å². The van der Waals surface area contributed by atoms with Gasteiger partial charge < -0.3 is 28.9 Å². The Morgan fingerprint density at radius 3 is 2.69 bits per heavy atom. The number of methoxy groups -OCH3 is 2. The first-order chi connectivity index (χ1) is 17.5. The summed E-state index contributed by atoms with van der Waals surface area (Å²) in [5.74, 6) is -0.278. The van der Waals surface area contributed by atoms with E-state index in [4.69, 9.17) is 13.9 Å². The molecule has 2 N–H and O–H groups in total. The predicted octanol–water partition coefficient (Wildman–Crippen LogP) is 4.09. The van der Waals surface area contributed by atoms with Crippen molar-refractivity contribution in [2.75, 3.05) is 20.8 Å². The average molecular weight is 489 g/mol. The topological polar surface area (TPSA) is 105 Å². The molecule has 0 saturated heterocycles. The summed E-state index contributed by atoms with van der Waals surface area (Å²) >= 11 is 0. The van der Waals surface area contributed by atoms with E-state index in [2.05, 4.69) is 11.1 Å². The number of nitrogens with zero attached hydrogens (tertiary/aromatic N) is 1. The number of nitrogens with one attached hydrogen (secondary N) is 1. The van der Waals surface area contributed by atoms with Gasteiger partial charge in [0.05, 0.1) is 19.6 Å². The minimum absolute atomic E-state index is 0.0226. The number of amides is 1. The molecule has 1 atom stereocenters. The highest BCUT2D eigenvalue weighted by Gasteiger charge is 2.30. The number of benzene rings is 2. The molecule has 1 aliphatic heterocycles. The van der Waals surface area contributed by atoms with Gasteiger partial charge in [0.25, 0.3) is 0 Å².